The number of hydrogen-bond donors (Lipinski definition) is 9. The van der Waals surface area contributed by atoms with E-state index in [2.05, 4.69) is 35.1 Å². The maximum Gasteiger partial charge on any atom is 0.334 e. The fourth-order valence-electron chi connectivity index (χ4n) is 15.2. The van der Waals surface area contributed by atoms with Crippen LogP contribution in [0.2, 0.25) is 0 Å². The van der Waals surface area contributed by atoms with Crippen molar-refractivity contribution in [3.05, 3.63) is 11.6 Å². The summed E-state index contributed by atoms with van der Waals surface area (Å²) in [4.78, 5) is 28.8. The third kappa shape index (κ3) is 8.99. The number of hydrogen-bond acceptors (Lipinski definition) is 14. The summed E-state index contributed by atoms with van der Waals surface area (Å²) in [6.07, 6.45) is 7.05. The van der Waals surface area contributed by atoms with Gasteiger partial charge in [-0.3, -0.25) is 4.79 Å². The molecule has 0 radical (unpaired) electrons. The van der Waals surface area contributed by atoms with Crippen LogP contribution in [-0.2, 0) is 23.8 Å². The van der Waals surface area contributed by atoms with Crippen molar-refractivity contribution in [2.24, 2.45) is 76.7 Å². The molecule has 14 heteroatoms. The highest BCUT2D eigenvalue weighted by Crippen LogP contribution is 2.61. The molecule has 3 saturated carbocycles. The number of Topliss-reactive ketones (excluding diaryl/α,β-unsaturated/α-hetero) is 1. The van der Waals surface area contributed by atoms with Crippen LogP contribution in [0.1, 0.15) is 104 Å². The second-order valence-corrected chi connectivity index (χ2v) is 21.2. The third-order valence-corrected chi connectivity index (χ3v) is 18.1. The number of piperidine rings is 2. The van der Waals surface area contributed by atoms with Crippen LogP contribution < -0.4 is 27.0 Å². The van der Waals surface area contributed by atoms with Crippen molar-refractivity contribution in [3.63, 3.8) is 0 Å². The molecule has 8 rings (SSSR count). The minimum absolute atomic E-state index is 0.00593. The average molecular weight is 872 g/mol. The molecule has 0 spiro atoms. The van der Waals surface area contributed by atoms with Gasteiger partial charge in [0.1, 0.15) is 17.5 Å². The summed E-state index contributed by atoms with van der Waals surface area (Å²) in [5.41, 5.74) is 6.97. The van der Waals surface area contributed by atoms with Gasteiger partial charge in [0.05, 0.1) is 55.4 Å². The number of carbonyl (C=O) groups is 2. The molecule has 0 aromatic carbocycles. The van der Waals surface area contributed by atoms with Crippen molar-refractivity contribution in [3.8, 4) is 0 Å². The lowest BCUT2D eigenvalue weighted by Gasteiger charge is -2.63. The Morgan fingerprint density at radius 1 is 0.952 bits per heavy atom. The summed E-state index contributed by atoms with van der Waals surface area (Å²) in [5.74, 6) is -1.87. The minimum Gasteiger partial charge on any atom is -0.456 e. The van der Waals surface area contributed by atoms with E-state index in [1.54, 1.807) is 0 Å². The van der Waals surface area contributed by atoms with Gasteiger partial charge in [-0.1, -0.05) is 13.0 Å². The first-order chi connectivity index (χ1) is 29.9. The quantitative estimate of drug-likeness (QED) is 0.108. The SMILES string of the molecule is CC=C(CCNC)C(=O)O[C@@H]1CC2C(O)C3C(=O)CC(CO)OC3C3C2O[C@@]1(C)[C@@H](CC1CCC(NCC)NC1)C[C@H]1CCC2CCC(O)CC2C(CO)C3C2CCNC(N)C21. The van der Waals surface area contributed by atoms with Crippen LogP contribution in [0.25, 0.3) is 0 Å². The molecule has 0 amide bonds. The molecule has 5 aliphatic heterocycles. The zero-order valence-electron chi connectivity index (χ0n) is 38.0. The van der Waals surface area contributed by atoms with Crippen LogP contribution in [0.15, 0.2) is 11.6 Å². The Hall–Kier alpha value is -1.56. The molecule has 0 aromatic heterocycles. The topological polar surface area (TPSA) is 217 Å². The first-order valence-electron chi connectivity index (χ1n) is 24.8. The van der Waals surface area contributed by atoms with E-state index < -0.39 is 60.0 Å². The van der Waals surface area contributed by atoms with Crippen molar-refractivity contribution < 1.29 is 44.2 Å². The third-order valence-electron chi connectivity index (χ3n) is 18.1. The molecular weight excluding hydrogens is 791 g/mol. The molecule has 5 saturated heterocycles. The van der Waals surface area contributed by atoms with Gasteiger partial charge in [-0.05, 0) is 177 Å². The number of aliphatic hydroxyl groups is 4. The Kier molecular flexibility index (Phi) is 15.2. The standard InChI is InChI=1S/C48H81N5O9/c1-5-26(13-15-50-4)47(59)61-37-21-34-43(58)41-36(57)20-31(23-54)60-45(41)42-40-32-14-16-52-46(49)39(32)28(9-8-27-10-11-30(56)19-33(27)35(40)24-55)18-29(48(37,3)62-44(34)42)17-25-7-12-38(51-6-2)53-22-25/h5,25,27-35,37-46,50-56,58H,6-24,49H2,1-4H3/t25?,27?,28-,29+,30?,31?,32?,33?,34?,35?,37-,38?,39?,40?,41?,42?,43?,44?,45?,46?,48+/m1/s1. The summed E-state index contributed by atoms with van der Waals surface area (Å²) >= 11 is 0. The second kappa shape index (κ2) is 20.1. The summed E-state index contributed by atoms with van der Waals surface area (Å²) < 4.78 is 21.6. The number of nitrogens with two attached hydrogens (primary N) is 1. The predicted molar refractivity (Wildman–Crippen MR) is 234 cm³/mol. The molecule has 8 fully saturated rings. The maximum absolute atomic E-state index is 14.4. The summed E-state index contributed by atoms with van der Waals surface area (Å²) in [6, 6.07) is 0. The van der Waals surface area contributed by atoms with Crippen molar-refractivity contribution >= 4 is 11.8 Å². The van der Waals surface area contributed by atoms with E-state index in [1.165, 1.54) is 0 Å². The molecule has 352 valence electrons. The molecular formula is C48H81N5O9. The number of ether oxygens (including phenoxy) is 3. The van der Waals surface area contributed by atoms with Crippen LogP contribution in [0.5, 0.6) is 0 Å². The largest absolute Gasteiger partial charge is 0.456 e. The van der Waals surface area contributed by atoms with Gasteiger partial charge in [-0.15, -0.1) is 0 Å². The van der Waals surface area contributed by atoms with Gasteiger partial charge in [-0.2, -0.15) is 0 Å². The molecule has 8 aliphatic rings. The number of nitrogens with one attached hydrogen (secondary N) is 4. The van der Waals surface area contributed by atoms with Gasteiger partial charge in [0.2, 0.25) is 0 Å². The maximum atomic E-state index is 14.4. The van der Waals surface area contributed by atoms with Crippen LogP contribution >= 0.6 is 0 Å². The van der Waals surface area contributed by atoms with Crippen LogP contribution in [0, 0.1) is 71.0 Å². The molecule has 14 nitrogen and oxygen atoms in total. The monoisotopic (exact) mass is 872 g/mol. The Morgan fingerprint density at radius 2 is 1.74 bits per heavy atom. The number of carbonyl (C=O) groups excluding carboxylic acids is 2. The highest BCUT2D eigenvalue weighted by Gasteiger charge is 2.67. The Morgan fingerprint density at radius 3 is 2.45 bits per heavy atom. The van der Waals surface area contributed by atoms with E-state index in [0.29, 0.717) is 43.2 Å². The van der Waals surface area contributed by atoms with Gasteiger partial charge >= 0.3 is 5.97 Å². The number of rotatable bonds is 11. The lowest BCUT2D eigenvalue weighted by Crippen LogP contribution is -2.72. The Bertz CT molecular complexity index is 1560. The van der Waals surface area contributed by atoms with Crippen molar-refractivity contribution in [2.75, 3.05) is 46.4 Å². The highest BCUT2D eigenvalue weighted by atomic mass is 16.6. The summed E-state index contributed by atoms with van der Waals surface area (Å²) in [5, 5.41) is 60.7. The van der Waals surface area contributed by atoms with Gasteiger partial charge in [0.25, 0.3) is 0 Å². The Balaban J connectivity index is 1.31. The molecule has 0 aromatic rings. The summed E-state index contributed by atoms with van der Waals surface area (Å²) in [6.45, 7) is 8.87. The zero-order valence-corrected chi connectivity index (χ0v) is 38.0. The first-order valence-corrected chi connectivity index (χ1v) is 24.8. The molecule has 5 heterocycles. The predicted octanol–water partition coefficient (Wildman–Crippen LogP) is 2.21. The van der Waals surface area contributed by atoms with Gasteiger partial charge in [-0.25, -0.2) is 4.79 Å². The van der Waals surface area contributed by atoms with E-state index in [9.17, 15) is 30.0 Å². The van der Waals surface area contributed by atoms with E-state index in [1.807, 2.05) is 20.0 Å². The van der Waals surface area contributed by atoms with Gasteiger partial charge < -0.3 is 61.6 Å². The Labute approximate surface area is 370 Å². The number of ketones is 1. The zero-order chi connectivity index (χ0) is 43.9. The highest BCUT2D eigenvalue weighted by molar-refractivity contribution is 5.88. The van der Waals surface area contributed by atoms with Crippen LogP contribution in [-0.4, -0.2) is 133 Å². The fourth-order valence-corrected chi connectivity index (χ4v) is 15.2. The number of fused-ring (bicyclic) bond motifs is 5. The minimum atomic E-state index is -1.12. The number of aliphatic hydroxyl groups excluding tert-OH is 4. The normalized spacial score (nSPS) is 48.4. The molecule has 3 aliphatic carbocycles. The van der Waals surface area contributed by atoms with Crippen LogP contribution in [0.3, 0.4) is 0 Å². The average Bonchev–Trinajstić information content (AvgIpc) is 3.31. The van der Waals surface area contributed by atoms with Crippen LogP contribution in [0.4, 0.5) is 0 Å². The number of allylic oxidation sites excluding steroid dienone is 1. The van der Waals surface area contributed by atoms with Crippen molar-refractivity contribution in [1.82, 2.24) is 21.3 Å². The van der Waals surface area contributed by atoms with E-state index in [4.69, 9.17) is 19.9 Å². The molecule has 62 heavy (non-hydrogen) atoms. The lowest BCUT2D eigenvalue weighted by molar-refractivity contribution is -0.311. The van der Waals surface area contributed by atoms with Gasteiger partial charge in [0.15, 0.2) is 0 Å². The van der Waals surface area contributed by atoms with Gasteiger partial charge in [0, 0.05) is 30.4 Å². The summed E-state index contributed by atoms with van der Waals surface area (Å²) in [7, 11) is 1.87. The molecule has 4 bridgehead atoms. The smallest absolute Gasteiger partial charge is 0.334 e. The lowest BCUT2D eigenvalue weighted by atomic mass is 9.50. The molecule has 17 unspecified atom stereocenters. The van der Waals surface area contributed by atoms with E-state index >= 15 is 0 Å². The first kappa shape index (κ1) is 47.0. The van der Waals surface area contributed by atoms with Crippen molar-refractivity contribution in [1.29, 1.82) is 0 Å². The second-order valence-electron chi connectivity index (χ2n) is 21.2. The number of esters is 1. The van der Waals surface area contributed by atoms with E-state index in [-0.39, 0.29) is 85.1 Å². The fraction of sp³-hybridized carbons (Fsp3) is 0.917. The van der Waals surface area contributed by atoms with E-state index in [0.717, 1.165) is 77.4 Å². The molecule has 21 atom stereocenters. The molecule has 10 N–H and O–H groups in total. The van der Waals surface area contributed by atoms with Crippen molar-refractivity contribution in [2.45, 2.75) is 159 Å².